The first kappa shape index (κ1) is 22.2. The molecule has 1 aromatic heterocycles. The largest absolute Gasteiger partial charge is 0.256 e. The zero-order valence-electron chi connectivity index (χ0n) is 21.5. The van der Waals surface area contributed by atoms with Crippen LogP contribution in [0.3, 0.4) is 0 Å². The van der Waals surface area contributed by atoms with Crippen molar-refractivity contribution in [1.82, 2.24) is 4.98 Å². The van der Waals surface area contributed by atoms with Crippen molar-refractivity contribution < 1.29 is 0 Å². The minimum atomic E-state index is -0.595. The number of pyridine rings is 1. The number of hydrogen-bond acceptors (Lipinski definition) is 2. The van der Waals surface area contributed by atoms with Crippen LogP contribution in [0, 0.1) is 0 Å². The van der Waals surface area contributed by atoms with E-state index in [0.717, 1.165) is 46.8 Å². The molecule has 2 nitrogen and oxygen atoms in total. The number of allylic oxidation sites excluding steroid dienone is 2. The van der Waals surface area contributed by atoms with Crippen molar-refractivity contribution in [3.63, 3.8) is 0 Å². The Morgan fingerprint density at radius 2 is 1.23 bits per heavy atom. The second kappa shape index (κ2) is 8.61. The van der Waals surface area contributed by atoms with Crippen molar-refractivity contribution in [1.29, 1.82) is 0 Å². The van der Waals surface area contributed by atoms with Crippen LogP contribution >= 0.6 is 0 Å². The standard InChI is InChI=1S/C37H26N2/c1-3-15-31-29(13-1)30-14-2-4-16-32(30)37(31)35-19-7-17-33(38-35)27-11-5-9-25(23-27)21-22-26-10-6-12-28(24-26)34-18-8-20-36(37)39-34/h1-7,9-17,19-24H,8,18H2/b22-21-. The third-order valence-electron chi connectivity index (χ3n) is 8.31. The van der Waals surface area contributed by atoms with Crippen LogP contribution in [0.2, 0.25) is 0 Å². The maximum atomic E-state index is 5.49. The van der Waals surface area contributed by atoms with E-state index < -0.39 is 5.41 Å². The molecule has 8 bridgehead atoms. The van der Waals surface area contributed by atoms with Gasteiger partial charge in [-0.25, -0.2) is 0 Å². The number of aliphatic imine (C=N–C) groups is 1. The van der Waals surface area contributed by atoms with Gasteiger partial charge < -0.3 is 0 Å². The lowest BCUT2D eigenvalue weighted by Crippen LogP contribution is -2.31. The predicted molar refractivity (Wildman–Crippen MR) is 161 cm³/mol. The highest BCUT2D eigenvalue weighted by molar-refractivity contribution is 6.03. The number of fused-ring (bicyclic) bond motifs is 16. The summed E-state index contributed by atoms with van der Waals surface area (Å²) in [5.41, 5.74) is 13.2. The van der Waals surface area contributed by atoms with E-state index in [1.165, 1.54) is 33.4 Å². The molecule has 0 fully saturated rings. The number of nitrogens with zero attached hydrogens (tertiary/aromatic N) is 2. The van der Waals surface area contributed by atoms with E-state index in [1.54, 1.807) is 0 Å². The molecular weight excluding hydrogens is 472 g/mol. The Kier molecular flexibility index (Phi) is 4.90. The van der Waals surface area contributed by atoms with E-state index in [1.807, 2.05) is 0 Å². The summed E-state index contributed by atoms with van der Waals surface area (Å²) in [5, 5.41) is 0. The van der Waals surface area contributed by atoms with Crippen molar-refractivity contribution in [3.05, 3.63) is 161 Å². The molecule has 1 spiro atoms. The van der Waals surface area contributed by atoms with Crippen LogP contribution in [0.15, 0.2) is 132 Å². The molecule has 3 heterocycles. The molecule has 0 unspecified atom stereocenters. The van der Waals surface area contributed by atoms with E-state index in [-0.39, 0.29) is 0 Å². The van der Waals surface area contributed by atoms with E-state index in [0.29, 0.717) is 0 Å². The first-order chi connectivity index (χ1) is 19.3. The Morgan fingerprint density at radius 3 is 1.97 bits per heavy atom. The van der Waals surface area contributed by atoms with Crippen LogP contribution in [-0.2, 0) is 5.41 Å². The zero-order valence-corrected chi connectivity index (χ0v) is 21.5. The van der Waals surface area contributed by atoms with Gasteiger partial charge in [-0.3, -0.25) is 9.98 Å². The highest BCUT2D eigenvalue weighted by Gasteiger charge is 2.49. The van der Waals surface area contributed by atoms with Crippen molar-refractivity contribution in [2.75, 3.05) is 0 Å². The third kappa shape index (κ3) is 3.35. The van der Waals surface area contributed by atoms with E-state index in [4.69, 9.17) is 9.98 Å². The molecule has 2 aliphatic heterocycles. The van der Waals surface area contributed by atoms with Crippen molar-refractivity contribution in [2.45, 2.75) is 18.3 Å². The maximum absolute atomic E-state index is 5.49. The van der Waals surface area contributed by atoms with Gasteiger partial charge in [0.1, 0.15) is 5.41 Å². The lowest BCUT2D eigenvalue weighted by Gasteiger charge is -2.34. The molecule has 2 heteroatoms. The quantitative estimate of drug-likeness (QED) is 0.210. The molecule has 8 rings (SSSR count). The number of aromatic nitrogens is 1. The molecule has 3 aliphatic rings. The molecule has 1 aliphatic carbocycles. The van der Waals surface area contributed by atoms with Crippen LogP contribution in [0.4, 0.5) is 0 Å². The van der Waals surface area contributed by atoms with Gasteiger partial charge in [-0.05, 0) is 76.1 Å². The zero-order chi connectivity index (χ0) is 25.8. The Bertz CT molecular complexity index is 1820. The first-order valence-corrected chi connectivity index (χ1v) is 13.6. The summed E-state index contributed by atoms with van der Waals surface area (Å²) in [5.74, 6) is 0. The normalized spacial score (nSPS) is 16.7. The lowest BCUT2D eigenvalue weighted by molar-refractivity contribution is 0.695. The molecule has 0 amide bonds. The molecule has 0 saturated carbocycles. The predicted octanol–water partition coefficient (Wildman–Crippen LogP) is 8.71. The monoisotopic (exact) mass is 498 g/mol. The van der Waals surface area contributed by atoms with Crippen molar-refractivity contribution in [3.8, 4) is 22.4 Å². The highest BCUT2D eigenvalue weighted by Crippen LogP contribution is 2.56. The number of rotatable bonds is 0. The Labute approximate surface area is 228 Å². The number of benzene rings is 4. The summed E-state index contributed by atoms with van der Waals surface area (Å²) < 4.78 is 0. The minimum Gasteiger partial charge on any atom is -0.256 e. The Hall–Kier alpha value is -4.82. The smallest absolute Gasteiger partial charge is 0.105 e. The van der Waals surface area contributed by atoms with Crippen LogP contribution < -0.4 is 0 Å². The van der Waals surface area contributed by atoms with Gasteiger partial charge in [0, 0.05) is 11.3 Å². The summed E-state index contributed by atoms with van der Waals surface area (Å²) in [6.45, 7) is 0. The van der Waals surface area contributed by atoms with E-state index >= 15 is 0 Å². The van der Waals surface area contributed by atoms with Crippen LogP contribution in [0.1, 0.15) is 46.4 Å². The molecule has 0 radical (unpaired) electrons. The Balaban J connectivity index is 1.50. The van der Waals surface area contributed by atoms with Crippen LogP contribution in [0.5, 0.6) is 0 Å². The van der Waals surface area contributed by atoms with Crippen LogP contribution in [0.25, 0.3) is 34.5 Å². The van der Waals surface area contributed by atoms with Crippen LogP contribution in [-0.4, -0.2) is 10.7 Å². The fourth-order valence-corrected chi connectivity index (χ4v) is 6.58. The Morgan fingerprint density at radius 1 is 0.590 bits per heavy atom. The van der Waals surface area contributed by atoms with Gasteiger partial charge >= 0.3 is 0 Å². The van der Waals surface area contributed by atoms with Gasteiger partial charge in [-0.2, -0.15) is 0 Å². The summed E-state index contributed by atoms with van der Waals surface area (Å²) in [6.07, 6.45) is 8.59. The second-order valence-corrected chi connectivity index (χ2v) is 10.5. The summed E-state index contributed by atoms with van der Waals surface area (Å²) >= 11 is 0. The average Bonchev–Trinajstić information content (AvgIpc) is 3.31. The number of hydrogen-bond donors (Lipinski definition) is 0. The highest BCUT2D eigenvalue weighted by atomic mass is 14.9. The van der Waals surface area contributed by atoms with Gasteiger partial charge in [-0.15, -0.1) is 0 Å². The molecule has 5 aromatic rings. The van der Waals surface area contributed by atoms with E-state index in [2.05, 4.69) is 133 Å². The molecular formula is C37H26N2. The average molecular weight is 499 g/mol. The summed E-state index contributed by atoms with van der Waals surface area (Å²) in [7, 11) is 0. The fourth-order valence-electron chi connectivity index (χ4n) is 6.58. The van der Waals surface area contributed by atoms with Gasteiger partial charge in [0.05, 0.1) is 17.1 Å². The molecule has 39 heavy (non-hydrogen) atoms. The SMILES string of the molecule is C1=C2N=C(CC1)c1cccc(c1)/C=C\c1cccc(c1)-c1cccc(n1)C21c2ccccc2-c2ccccc21. The van der Waals surface area contributed by atoms with Gasteiger partial charge in [0.2, 0.25) is 0 Å². The molecule has 0 saturated heterocycles. The molecule has 184 valence electrons. The topological polar surface area (TPSA) is 25.2 Å². The van der Waals surface area contributed by atoms with Gasteiger partial charge in [0.15, 0.2) is 0 Å². The van der Waals surface area contributed by atoms with Crippen molar-refractivity contribution >= 4 is 17.9 Å². The van der Waals surface area contributed by atoms with E-state index in [9.17, 15) is 0 Å². The van der Waals surface area contributed by atoms with Gasteiger partial charge in [0.25, 0.3) is 0 Å². The summed E-state index contributed by atoms with van der Waals surface area (Å²) in [4.78, 5) is 10.9. The summed E-state index contributed by atoms with van der Waals surface area (Å²) in [6, 6.07) is 41.5. The maximum Gasteiger partial charge on any atom is 0.105 e. The minimum absolute atomic E-state index is 0.595. The first-order valence-electron chi connectivity index (χ1n) is 13.6. The second-order valence-electron chi connectivity index (χ2n) is 10.5. The lowest BCUT2D eigenvalue weighted by atomic mass is 9.71. The molecule has 4 aromatic carbocycles. The molecule has 0 atom stereocenters. The molecule has 0 N–H and O–H groups in total. The fraction of sp³-hybridized carbons (Fsp3) is 0.0811. The van der Waals surface area contributed by atoms with Crippen molar-refractivity contribution in [2.24, 2.45) is 4.99 Å². The third-order valence-corrected chi connectivity index (χ3v) is 8.31. The van der Waals surface area contributed by atoms with Gasteiger partial charge in [-0.1, -0.05) is 109 Å².